The van der Waals surface area contributed by atoms with Crippen LogP contribution < -0.4 is 10.6 Å². The molecule has 1 aromatic heterocycles. The molecule has 134 valence electrons. The van der Waals surface area contributed by atoms with E-state index in [1.165, 1.54) is 5.56 Å². The summed E-state index contributed by atoms with van der Waals surface area (Å²) in [6.07, 6.45) is 5.36. The molecule has 0 atom stereocenters. The highest BCUT2D eigenvalue weighted by molar-refractivity contribution is 5.83. The number of hydrogen-bond acceptors (Lipinski definition) is 4. The van der Waals surface area contributed by atoms with E-state index in [0.29, 0.717) is 13.2 Å². The molecule has 1 aromatic carbocycles. The third-order valence-corrected chi connectivity index (χ3v) is 4.84. The highest BCUT2D eigenvalue weighted by Gasteiger charge is 2.39. The topological polar surface area (TPSA) is 68.2 Å². The molecule has 0 spiro atoms. The fourth-order valence-electron chi connectivity index (χ4n) is 3.33. The summed E-state index contributed by atoms with van der Waals surface area (Å²) in [4.78, 5) is 12.7. The lowest BCUT2D eigenvalue weighted by atomic mass is 9.78. The van der Waals surface area contributed by atoms with Gasteiger partial charge in [-0.1, -0.05) is 24.3 Å². The molecule has 1 aliphatic rings. The van der Waals surface area contributed by atoms with Gasteiger partial charge in [0, 0.05) is 26.0 Å². The molecular weight excluding hydrogens is 316 g/mol. The first-order valence-corrected chi connectivity index (χ1v) is 8.75. The van der Waals surface area contributed by atoms with Crippen molar-refractivity contribution in [2.24, 2.45) is 5.41 Å². The lowest BCUT2D eigenvalue weighted by molar-refractivity contribution is -0.136. The number of ether oxygens (including phenoxy) is 1. The third kappa shape index (κ3) is 4.46. The van der Waals surface area contributed by atoms with E-state index in [9.17, 15) is 4.79 Å². The highest BCUT2D eigenvalue weighted by atomic mass is 16.5. The summed E-state index contributed by atoms with van der Waals surface area (Å²) in [5.41, 5.74) is 1.88. The van der Waals surface area contributed by atoms with Crippen LogP contribution in [0.1, 0.15) is 24.0 Å². The summed E-state index contributed by atoms with van der Waals surface area (Å²) < 4.78 is 7.22. The summed E-state index contributed by atoms with van der Waals surface area (Å²) in [6.45, 7) is 3.49. The molecule has 1 aliphatic heterocycles. The van der Waals surface area contributed by atoms with E-state index in [0.717, 1.165) is 38.0 Å². The van der Waals surface area contributed by atoms with E-state index in [1.54, 1.807) is 13.3 Å². The van der Waals surface area contributed by atoms with Crippen LogP contribution in [-0.4, -0.2) is 42.5 Å². The lowest BCUT2D eigenvalue weighted by Gasteiger charge is -2.35. The molecule has 2 heterocycles. The molecule has 3 rings (SSSR count). The molecule has 2 aromatic rings. The fraction of sp³-hybridized carbons (Fsp3) is 0.474. The molecule has 0 saturated carbocycles. The maximum Gasteiger partial charge on any atom is 0.228 e. The lowest BCUT2D eigenvalue weighted by Crippen LogP contribution is -2.49. The van der Waals surface area contributed by atoms with Gasteiger partial charge >= 0.3 is 0 Å². The van der Waals surface area contributed by atoms with Crippen molar-refractivity contribution < 1.29 is 9.53 Å². The van der Waals surface area contributed by atoms with Gasteiger partial charge in [-0.25, -0.2) is 0 Å². The van der Waals surface area contributed by atoms with Gasteiger partial charge in [0.25, 0.3) is 0 Å². The van der Waals surface area contributed by atoms with Gasteiger partial charge in [0.2, 0.25) is 5.91 Å². The monoisotopic (exact) mass is 342 g/mol. The Morgan fingerprint density at radius 3 is 2.64 bits per heavy atom. The SMILES string of the molecule is COCC1(C(=O)NCc2ccc(Cn3cccn3)cc2)CCNCC1. The molecule has 0 unspecified atom stereocenters. The maximum atomic E-state index is 12.7. The van der Waals surface area contributed by atoms with Crippen LogP contribution in [0.2, 0.25) is 0 Å². The molecule has 6 nitrogen and oxygen atoms in total. The molecule has 0 bridgehead atoms. The van der Waals surface area contributed by atoms with Gasteiger partial charge in [0.15, 0.2) is 0 Å². The Morgan fingerprint density at radius 2 is 2.00 bits per heavy atom. The number of nitrogens with one attached hydrogen (secondary N) is 2. The zero-order chi connectivity index (χ0) is 17.5. The average molecular weight is 342 g/mol. The van der Waals surface area contributed by atoms with Crippen LogP contribution in [-0.2, 0) is 22.6 Å². The number of carbonyl (C=O) groups is 1. The van der Waals surface area contributed by atoms with E-state index in [1.807, 2.05) is 16.9 Å². The Bertz CT molecular complexity index is 656. The summed E-state index contributed by atoms with van der Waals surface area (Å²) in [5.74, 6) is 0.0940. The first kappa shape index (κ1) is 17.6. The number of rotatable bonds is 7. The second-order valence-corrected chi connectivity index (χ2v) is 6.67. The Morgan fingerprint density at radius 1 is 1.28 bits per heavy atom. The minimum Gasteiger partial charge on any atom is -0.384 e. The molecule has 2 N–H and O–H groups in total. The van der Waals surface area contributed by atoms with E-state index in [2.05, 4.69) is 40.0 Å². The van der Waals surface area contributed by atoms with E-state index in [4.69, 9.17) is 4.74 Å². The zero-order valence-corrected chi connectivity index (χ0v) is 14.7. The summed E-state index contributed by atoms with van der Waals surface area (Å²) in [6, 6.07) is 10.2. The van der Waals surface area contributed by atoms with Gasteiger partial charge in [-0.3, -0.25) is 9.48 Å². The minimum absolute atomic E-state index is 0.0940. The molecular formula is C19H26N4O2. The quantitative estimate of drug-likeness (QED) is 0.801. The minimum atomic E-state index is -0.403. The van der Waals surface area contributed by atoms with Crippen LogP contribution >= 0.6 is 0 Å². The predicted molar refractivity (Wildman–Crippen MR) is 96.0 cm³/mol. The van der Waals surface area contributed by atoms with Crippen molar-refractivity contribution in [3.05, 3.63) is 53.9 Å². The first-order chi connectivity index (χ1) is 12.2. The smallest absolute Gasteiger partial charge is 0.228 e. The predicted octanol–water partition coefficient (Wildman–Crippen LogP) is 1.56. The average Bonchev–Trinajstić information content (AvgIpc) is 3.15. The Labute approximate surface area is 148 Å². The third-order valence-electron chi connectivity index (χ3n) is 4.84. The van der Waals surface area contributed by atoms with Gasteiger partial charge in [0.05, 0.1) is 18.6 Å². The molecule has 1 amide bonds. The Balaban J connectivity index is 1.56. The van der Waals surface area contributed by atoms with Gasteiger partial charge in [0.1, 0.15) is 0 Å². The summed E-state index contributed by atoms with van der Waals surface area (Å²) in [5, 5.41) is 10.6. The largest absolute Gasteiger partial charge is 0.384 e. The number of amides is 1. The molecule has 25 heavy (non-hydrogen) atoms. The van der Waals surface area contributed by atoms with Crippen LogP contribution in [0.3, 0.4) is 0 Å². The molecule has 6 heteroatoms. The second kappa shape index (κ2) is 8.27. The van der Waals surface area contributed by atoms with Crippen molar-refractivity contribution in [2.75, 3.05) is 26.8 Å². The molecule has 0 radical (unpaired) electrons. The van der Waals surface area contributed by atoms with Crippen molar-refractivity contribution in [2.45, 2.75) is 25.9 Å². The Kier molecular flexibility index (Phi) is 5.83. The van der Waals surface area contributed by atoms with Crippen molar-refractivity contribution in [3.8, 4) is 0 Å². The van der Waals surface area contributed by atoms with Crippen molar-refractivity contribution >= 4 is 5.91 Å². The van der Waals surface area contributed by atoms with E-state index >= 15 is 0 Å². The van der Waals surface area contributed by atoms with Crippen LogP contribution in [0, 0.1) is 5.41 Å². The van der Waals surface area contributed by atoms with Crippen LogP contribution in [0.25, 0.3) is 0 Å². The van der Waals surface area contributed by atoms with Crippen LogP contribution in [0.4, 0.5) is 0 Å². The molecule has 1 saturated heterocycles. The zero-order valence-electron chi connectivity index (χ0n) is 14.7. The van der Waals surface area contributed by atoms with Gasteiger partial charge in [-0.05, 0) is 43.1 Å². The normalized spacial score (nSPS) is 16.5. The highest BCUT2D eigenvalue weighted by Crippen LogP contribution is 2.29. The van der Waals surface area contributed by atoms with E-state index < -0.39 is 5.41 Å². The summed E-state index contributed by atoms with van der Waals surface area (Å²) >= 11 is 0. The first-order valence-electron chi connectivity index (χ1n) is 8.75. The second-order valence-electron chi connectivity index (χ2n) is 6.67. The van der Waals surface area contributed by atoms with Crippen molar-refractivity contribution in [3.63, 3.8) is 0 Å². The fourth-order valence-corrected chi connectivity index (χ4v) is 3.33. The number of aromatic nitrogens is 2. The number of hydrogen-bond donors (Lipinski definition) is 2. The van der Waals surface area contributed by atoms with Crippen molar-refractivity contribution in [1.82, 2.24) is 20.4 Å². The Hall–Kier alpha value is -2.18. The van der Waals surface area contributed by atoms with Crippen LogP contribution in [0.5, 0.6) is 0 Å². The standard InChI is InChI=1S/C19H26N4O2/c1-25-15-19(7-10-20-11-8-19)18(24)21-13-16-3-5-17(6-4-16)14-23-12-2-9-22-23/h2-6,9,12,20H,7-8,10-11,13-15H2,1H3,(H,21,24). The van der Waals surface area contributed by atoms with Gasteiger partial charge in [-0.15, -0.1) is 0 Å². The molecule has 1 fully saturated rings. The number of methoxy groups -OCH3 is 1. The summed E-state index contributed by atoms with van der Waals surface area (Å²) in [7, 11) is 1.66. The molecule has 0 aliphatic carbocycles. The van der Waals surface area contributed by atoms with Crippen molar-refractivity contribution in [1.29, 1.82) is 0 Å². The number of benzene rings is 1. The maximum absolute atomic E-state index is 12.7. The van der Waals surface area contributed by atoms with Gasteiger partial charge < -0.3 is 15.4 Å². The van der Waals surface area contributed by atoms with Gasteiger partial charge in [-0.2, -0.15) is 5.10 Å². The van der Waals surface area contributed by atoms with Crippen LogP contribution in [0.15, 0.2) is 42.7 Å². The van der Waals surface area contributed by atoms with E-state index in [-0.39, 0.29) is 5.91 Å². The number of piperidine rings is 1. The number of carbonyl (C=O) groups excluding carboxylic acids is 1. The number of nitrogens with zero attached hydrogens (tertiary/aromatic N) is 2.